The zero-order valence-electron chi connectivity index (χ0n) is 29.1. The molecule has 0 radical (unpaired) electrons. The van der Waals surface area contributed by atoms with Crippen LogP contribution in [0.4, 0.5) is 5.69 Å². The van der Waals surface area contributed by atoms with Gasteiger partial charge in [-0.1, -0.05) is 137 Å². The molecule has 2 N–H and O–H groups in total. The Morgan fingerprint density at radius 1 is 0.783 bits per heavy atom. The lowest BCUT2D eigenvalue weighted by Crippen LogP contribution is -2.34. The highest BCUT2D eigenvalue weighted by Gasteiger charge is 2.32. The molecule has 46 heavy (non-hydrogen) atoms. The molecule has 0 atom stereocenters. The van der Waals surface area contributed by atoms with Gasteiger partial charge in [0.2, 0.25) is 5.91 Å². The number of hydrogen-bond donors (Lipinski definition) is 2. The van der Waals surface area contributed by atoms with Crippen molar-refractivity contribution in [2.45, 2.75) is 150 Å². The molecule has 254 valence electrons. The van der Waals surface area contributed by atoms with Crippen LogP contribution < -0.4 is 5.32 Å². The second kappa shape index (κ2) is 17.8. The van der Waals surface area contributed by atoms with Gasteiger partial charge in [-0.15, -0.1) is 5.10 Å². The van der Waals surface area contributed by atoms with Gasteiger partial charge in [-0.25, -0.2) is 4.98 Å². The Kier molecular flexibility index (Phi) is 14.5. The predicted molar refractivity (Wildman–Crippen MR) is 188 cm³/mol. The molecule has 0 saturated heterocycles. The highest BCUT2D eigenvalue weighted by atomic mass is 35.5. The van der Waals surface area contributed by atoms with Crippen LogP contribution in [-0.2, 0) is 19.8 Å². The van der Waals surface area contributed by atoms with Gasteiger partial charge in [0, 0.05) is 29.5 Å². The van der Waals surface area contributed by atoms with Gasteiger partial charge >= 0.3 is 0 Å². The normalized spacial score (nSPS) is 12.2. The number of ketones is 2. The number of fused-ring (bicyclic) bond motifs is 1. The number of amides is 1. The third-order valence-corrected chi connectivity index (χ3v) is 9.04. The summed E-state index contributed by atoms with van der Waals surface area (Å²) in [5.74, 6) is -0.648. The molecule has 0 fully saturated rings. The van der Waals surface area contributed by atoms with E-state index in [1.807, 2.05) is 12.1 Å². The standard InChI is InChI=1S/C37H56ClN5O3/c1-7-8-9-10-11-12-13-14-15-16-17-18-19-20-21-29(44)30(45)26-37(5,6)35(46)39-28-24-22-27(23-25-28)33-40-34-31(38)32(36(2,3)4)41-43(34)42-33/h22-25,41H,7-21,26H2,1-6H3,(H,39,46). The van der Waals surface area contributed by atoms with E-state index in [1.165, 1.54) is 70.6 Å². The molecule has 0 aliphatic rings. The molecule has 1 amide bonds. The molecular formula is C37H56ClN5O3. The summed E-state index contributed by atoms with van der Waals surface area (Å²) in [7, 11) is 0. The van der Waals surface area contributed by atoms with E-state index in [0.29, 0.717) is 22.2 Å². The second-order valence-corrected chi connectivity index (χ2v) is 14.9. The maximum Gasteiger partial charge on any atom is 0.230 e. The van der Waals surface area contributed by atoms with E-state index in [4.69, 9.17) is 11.6 Å². The molecule has 3 rings (SSSR count). The first kappa shape index (κ1) is 37.5. The predicted octanol–water partition coefficient (Wildman–Crippen LogP) is 10.0. The number of nitrogens with zero attached hydrogens (tertiary/aromatic N) is 3. The zero-order valence-corrected chi connectivity index (χ0v) is 29.8. The number of Topliss-reactive ketones (excluding diaryl/α,β-unsaturated/α-hetero) is 2. The number of unbranched alkanes of at least 4 members (excludes halogenated alkanes) is 13. The van der Waals surface area contributed by atoms with Crippen molar-refractivity contribution >= 4 is 40.4 Å². The summed E-state index contributed by atoms with van der Waals surface area (Å²) >= 11 is 6.55. The van der Waals surface area contributed by atoms with Crippen LogP contribution in [0, 0.1) is 5.41 Å². The molecule has 0 aliphatic carbocycles. The monoisotopic (exact) mass is 653 g/mol. The van der Waals surface area contributed by atoms with E-state index in [9.17, 15) is 14.4 Å². The Labute approximate surface area is 280 Å². The number of carbonyl (C=O) groups is 3. The number of anilines is 1. The number of halogens is 1. The van der Waals surface area contributed by atoms with Gasteiger partial charge in [-0.2, -0.15) is 4.63 Å². The van der Waals surface area contributed by atoms with E-state index in [0.717, 1.165) is 30.5 Å². The van der Waals surface area contributed by atoms with E-state index in [2.05, 4.69) is 48.2 Å². The highest BCUT2D eigenvalue weighted by molar-refractivity contribution is 6.37. The molecule has 3 aromatic rings. The zero-order chi connectivity index (χ0) is 33.7. The van der Waals surface area contributed by atoms with Crippen molar-refractivity contribution in [1.82, 2.24) is 19.8 Å². The first-order valence-corrected chi connectivity index (χ1v) is 17.8. The molecule has 0 saturated carbocycles. The molecule has 0 unspecified atom stereocenters. The first-order valence-electron chi connectivity index (χ1n) is 17.5. The minimum Gasteiger partial charge on any atom is -0.326 e. The van der Waals surface area contributed by atoms with Gasteiger partial charge in [0.1, 0.15) is 5.02 Å². The molecular weight excluding hydrogens is 598 g/mol. The van der Waals surface area contributed by atoms with Crippen molar-refractivity contribution in [3.05, 3.63) is 35.0 Å². The number of aromatic nitrogens is 4. The van der Waals surface area contributed by atoms with E-state index in [1.54, 1.807) is 30.6 Å². The van der Waals surface area contributed by atoms with Crippen molar-refractivity contribution in [1.29, 1.82) is 0 Å². The fraction of sp³-hybridized carbons (Fsp3) is 0.649. The third-order valence-electron chi connectivity index (χ3n) is 8.68. The quantitative estimate of drug-likeness (QED) is 0.0878. The number of nitrogens with one attached hydrogen (secondary N) is 2. The van der Waals surface area contributed by atoms with Gasteiger partial charge in [-0.3, -0.25) is 19.5 Å². The maximum absolute atomic E-state index is 13.1. The lowest BCUT2D eigenvalue weighted by Gasteiger charge is -2.22. The Hall–Kier alpha value is -3.00. The minimum atomic E-state index is -1.02. The topological polar surface area (TPSA) is 109 Å². The Morgan fingerprint density at radius 3 is 1.80 bits per heavy atom. The summed E-state index contributed by atoms with van der Waals surface area (Å²) in [4.78, 5) is 42.8. The molecule has 0 spiro atoms. The van der Waals surface area contributed by atoms with E-state index < -0.39 is 11.2 Å². The SMILES string of the molecule is CCCCCCCCCCCCCCCCC(=O)C(=O)CC(C)(C)C(=O)Nc1ccc(-c2nc3c(Cl)c(C(C)(C)C)[nH]n3n2)cc1. The van der Waals surface area contributed by atoms with Crippen molar-refractivity contribution in [2.24, 2.45) is 5.41 Å². The van der Waals surface area contributed by atoms with E-state index in [-0.39, 0.29) is 29.9 Å². The fourth-order valence-electron chi connectivity index (χ4n) is 5.62. The summed E-state index contributed by atoms with van der Waals surface area (Å²) in [5, 5.41) is 11.2. The summed E-state index contributed by atoms with van der Waals surface area (Å²) in [6, 6.07) is 7.18. The van der Waals surface area contributed by atoms with Crippen molar-refractivity contribution < 1.29 is 14.4 Å². The summed E-state index contributed by atoms with van der Waals surface area (Å²) < 4.78 is 1.58. The van der Waals surface area contributed by atoms with Gasteiger partial charge in [0.15, 0.2) is 23.0 Å². The summed E-state index contributed by atoms with van der Waals surface area (Å²) in [6.45, 7) is 11.8. The summed E-state index contributed by atoms with van der Waals surface area (Å²) in [6.07, 6.45) is 17.5. The fourth-order valence-corrected chi connectivity index (χ4v) is 6.07. The first-order chi connectivity index (χ1) is 21.8. The molecule has 0 bridgehead atoms. The van der Waals surface area contributed by atoms with Crippen LogP contribution in [0.2, 0.25) is 5.02 Å². The van der Waals surface area contributed by atoms with Gasteiger partial charge < -0.3 is 5.32 Å². The molecule has 1 aromatic carbocycles. The molecule has 8 nitrogen and oxygen atoms in total. The number of aromatic amines is 1. The molecule has 0 aliphatic heterocycles. The average molecular weight is 654 g/mol. The molecule has 2 aromatic heterocycles. The van der Waals surface area contributed by atoms with Crippen LogP contribution in [0.1, 0.15) is 150 Å². The number of H-pyrrole nitrogens is 1. The maximum atomic E-state index is 13.1. The Bertz CT molecular complexity index is 1420. The third kappa shape index (κ3) is 11.4. The number of carbonyl (C=O) groups excluding carboxylic acids is 3. The van der Waals surface area contributed by atoms with Crippen LogP contribution in [0.15, 0.2) is 24.3 Å². The highest BCUT2D eigenvalue weighted by Crippen LogP contribution is 2.32. The van der Waals surface area contributed by atoms with Gasteiger partial charge in [-0.05, 0) is 30.7 Å². The smallest absolute Gasteiger partial charge is 0.230 e. The van der Waals surface area contributed by atoms with Crippen molar-refractivity contribution in [3.8, 4) is 11.4 Å². The molecule has 2 heterocycles. The lowest BCUT2D eigenvalue weighted by molar-refractivity contribution is -0.139. The van der Waals surface area contributed by atoms with Crippen LogP contribution in [-0.4, -0.2) is 37.3 Å². The van der Waals surface area contributed by atoms with Crippen LogP contribution in [0.25, 0.3) is 17.0 Å². The van der Waals surface area contributed by atoms with E-state index >= 15 is 0 Å². The minimum absolute atomic E-state index is 0.115. The number of rotatable bonds is 21. The second-order valence-electron chi connectivity index (χ2n) is 14.5. The number of benzene rings is 1. The van der Waals surface area contributed by atoms with Crippen LogP contribution in [0.3, 0.4) is 0 Å². The van der Waals surface area contributed by atoms with Crippen molar-refractivity contribution in [2.75, 3.05) is 5.32 Å². The Balaban J connectivity index is 1.34. The molecule has 9 heteroatoms. The number of hydrogen-bond acceptors (Lipinski definition) is 5. The van der Waals surface area contributed by atoms with Crippen molar-refractivity contribution in [3.63, 3.8) is 0 Å². The average Bonchev–Trinajstić information content (AvgIpc) is 3.56. The van der Waals surface area contributed by atoms with Crippen LogP contribution >= 0.6 is 11.6 Å². The van der Waals surface area contributed by atoms with Gasteiger partial charge in [0.05, 0.1) is 11.1 Å². The largest absolute Gasteiger partial charge is 0.326 e. The van der Waals surface area contributed by atoms with Crippen LogP contribution in [0.5, 0.6) is 0 Å². The van der Waals surface area contributed by atoms with Gasteiger partial charge in [0.25, 0.3) is 0 Å². The Morgan fingerprint density at radius 2 is 1.30 bits per heavy atom. The summed E-state index contributed by atoms with van der Waals surface area (Å²) in [5.41, 5.74) is 1.59. The lowest BCUT2D eigenvalue weighted by atomic mass is 9.84.